The van der Waals surface area contributed by atoms with Crippen molar-refractivity contribution in [2.45, 2.75) is 13.5 Å². The van der Waals surface area contributed by atoms with Crippen LogP contribution in [0.3, 0.4) is 0 Å². The Balaban J connectivity index is 2.19. The number of halogens is 1. The van der Waals surface area contributed by atoms with E-state index in [1.165, 1.54) is 0 Å². The molecule has 0 aromatic heterocycles. The second-order valence-electron chi connectivity index (χ2n) is 4.39. The van der Waals surface area contributed by atoms with Gasteiger partial charge in [-0.3, -0.25) is 0 Å². The summed E-state index contributed by atoms with van der Waals surface area (Å²) in [4.78, 5) is 0. The van der Waals surface area contributed by atoms with E-state index in [-0.39, 0.29) is 0 Å². The minimum atomic E-state index is 0.331. The normalized spacial score (nSPS) is 9.75. The molecule has 2 rings (SSSR count). The van der Waals surface area contributed by atoms with Crippen LogP contribution >= 0.6 is 11.6 Å². The van der Waals surface area contributed by atoms with Gasteiger partial charge in [0.05, 0.1) is 12.1 Å². The van der Waals surface area contributed by atoms with Crippen molar-refractivity contribution in [3.8, 4) is 17.6 Å². The Hall–Kier alpha value is -1.95. The molecule has 2 N–H and O–H groups in total. The summed E-state index contributed by atoms with van der Waals surface area (Å²) in [5.41, 5.74) is 8.35. The maximum Gasteiger partial charge on any atom is 0.135 e. The summed E-state index contributed by atoms with van der Waals surface area (Å²) in [5.74, 6) is 6.63. The van der Waals surface area contributed by atoms with Gasteiger partial charge in [0.1, 0.15) is 12.4 Å². The number of aryl methyl sites for hydroxylation is 1. The van der Waals surface area contributed by atoms with E-state index in [2.05, 4.69) is 11.8 Å². The predicted octanol–water partition coefficient (Wildman–Crippen LogP) is 3.54. The van der Waals surface area contributed by atoms with Crippen LogP contribution in [0.1, 0.15) is 16.7 Å². The summed E-state index contributed by atoms with van der Waals surface area (Å²) in [7, 11) is 0. The van der Waals surface area contributed by atoms with Crippen LogP contribution in [0, 0.1) is 18.8 Å². The molecule has 2 aromatic rings. The Bertz CT molecular complexity index is 656. The van der Waals surface area contributed by atoms with Gasteiger partial charge in [-0.2, -0.15) is 0 Å². The second kappa shape index (κ2) is 7.00. The lowest BCUT2D eigenvalue weighted by molar-refractivity contribution is 0.305. The van der Waals surface area contributed by atoms with Crippen molar-refractivity contribution in [3.05, 3.63) is 64.2 Å². The van der Waals surface area contributed by atoms with E-state index in [1.807, 2.05) is 49.4 Å². The first-order valence-electron chi connectivity index (χ1n) is 6.36. The van der Waals surface area contributed by atoms with Crippen molar-refractivity contribution >= 4 is 11.6 Å². The molecule has 0 aliphatic carbocycles. The third-order valence-electron chi connectivity index (χ3n) is 2.80. The highest BCUT2D eigenvalue weighted by Gasteiger charge is 2.04. The maximum absolute atomic E-state index is 6.11. The molecular formula is C17H16ClNO. The van der Waals surface area contributed by atoms with E-state index in [0.717, 1.165) is 22.4 Å². The summed E-state index contributed by atoms with van der Waals surface area (Å²) in [6.45, 7) is 2.77. The molecule has 3 heteroatoms. The molecule has 0 aliphatic rings. The van der Waals surface area contributed by atoms with Crippen LogP contribution in [0.15, 0.2) is 42.5 Å². The number of hydrogen-bond donors (Lipinski definition) is 1. The summed E-state index contributed by atoms with van der Waals surface area (Å²) >= 11 is 6.11. The summed E-state index contributed by atoms with van der Waals surface area (Å²) in [6.07, 6.45) is 0. The van der Waals surface area contributed by atoms with Crippen LogP contribution in [0.2, 0.25) is 5.02 Å². The van der Waals surface area contributed by atoms with E-state index in [1.54, 1.807) is 0 Å². The van der Waals surface area contributed by atoms with Gasteiger partial charge in [-0.15, -0.1) is 0 Å². The van der Waals surface area contributed by atoms with Crippen molar-refractivity contribution < 1.29 is 4.74 Å². The largest absolute Gasteiger partial charge is 0.488 e. The Labute approximate surface area is 124 Å². The highest BCUT2D eigenvalue weighted by atomic mass is 35.5. The highest BCUT2D eigenvalue weighted by molar-refractivity contribution is 6.31. The first-order valence-corrected chi connectivity index (χ1v) is 6.74. The van der Waals surface area contributed by atoms with Gasteiger partial charge in [-0.05, 0) is 30.7 Å². The molecule has 0 amide bonds. The first-order chi connectivity index (χ1) is 9.70. The monoisotopic (exact) mass is 285 g/mol. The van der Waals surface area contributed by atoms with Crippen molar-refractivity contribution in [3.63, 3.8) is 0 Å². The molecule has 0 heterocycles. The smallest absolute Gasteiger partial charge is 0.135 e. The molecule has 0 aliphatic heterocycles. The SMILES string of the molecule is Cc1ccc(OCc2ccccc2Cl)c(C#CCN)c1. The van der Waals surface area contributed by atoms with Crippen LogP contribution in [-0.2, 0) is 6.61 Å². The lowest BCUT2D eigenvalue weighted by Gasteiger charge is -2.10. The molecule has 2 aromatic carbocycles. The standard InChI is InChI=1S/C17H16ClNO/c1-13-8-9-17(14(11-13)6-4-10-19)20-12-15-5-2-3-7-16(15)18/h2-3,5,7-9,11H,10,12,19H2,1H3. The Morgan fingerprint density at radius 1 is 1.20 bits per heavy atom. The van der Waals surface area contributed by atoms with Gasteiger partial charge in [-0.1, -0.05) is 47.7 Å². The minimum Gasteiger partial charge on any atom is -0.488 e. The van der Waals surface area contributed by atoms with E-state index < -0.39 is 0 Å². The number of nitrogens with two attached hydrogens (primary N) is 1. The fourth-order valence-corrected chi connectivity index (χ4v) is 1.97. The quantitative estimate of drug-likeness (QED) is 0.876. The molecule has 0 unspecified atom stereocenters. The average molecular weight is 286 g/mol. The molecular weight excluding hydrogens is 270 g/mol. The highest BCUT2D eigenvalue weighted by Crippen LogP contribution is 2.22. The minimum absolute atomic E-state index is 0.331. The fourth-order valence-electron chi connectivity index (χ4n) is 1.78. The molecule has 2 nitrogen and oxygen atoms in total. The van der Waals surface area contributed by atoms with E-state index in [0.29, 0.717) is 18.2 Å². The zero-order valence-corrected chi connectivity index (χ0v) is 12.1. The molecule has 0 saturated heterocycles. The zero-order valence-electron chi connectivity index (χ0n) is 11.3. The Morgan fingerprint density at radius 2 is 2.00 bits per heavy atom. The zero-order chi connectivity index (χ0) is 14.4. The van der Waals surface area contributed by atoms with E-state index >= 15 is 0 Å². The van der Waals surface area contributed by atoms with Crippen molar-refractivity contribution in [2.24, 2.45) is 5.73 Å². The third kappa shape index (κ3) is 3.77. The van der Waals surface area contributed by atoms with Gasteiger partial charge in [0.2, 0.25) is 0 Å². The Morgan fingerprint density at radius 3 is 2.75 bits per heavy atom. The van der Waals surface area contributed by atoms with Gasteiger partial charge in [0, 0.05) is 10.6 Å². The van der Waals surface area contributed by atoms with Crippen LogP contribution in [0.4, 0.5) is 0 Å². The van der Waals surface area contributed by atoms with Crippen molar-refractivity contribution in [2.75, 3.05) is 6.54 Å². The number of ether oxygens (including phenoxy) is 1. The molecule has 0 bridgehead atoms. The first kappa shape index (κ1) is 14.5. The van der Waals surface area contributed by atoms with E-state index in [4.69, 9.17) is 22.1 Å². The van der Waals surface area contributed by atoms with Crippen LogP contribution in [-0.4, -0.2) is 6.54 Å². The van der Waals surface area contributed by atoms with Crippen molar-refractivity contribution in [1.29, 1.82) is 0 Å². The van der Waals surface area contributed by atoms with Gasteiger partial charge in [-0.25, -0.2) is 0 Å². The molecule has 0 spiro atoms. The second-order valence-corrected chi connectivity index (χ2v) is 4.79. The number of benzene rings is 2. The maximum atomic E-state index is 6.11. The van der Waals surface area contributed by atoms with Gasteiger partial charge < -0.3 is 10.5 Å². The van der Waals surface area contributed by atoms with E-state index in [9.17, 15) is 0 Å². The topological polar surface area (TPSA) is 35.2 Å². The number of rotatable bonds is 3. The lowest BCUT2D eigenvalue weighted by atomic mass is 10.1. The molecule has 0 saturated carbocycles. The van der Waals surface area contributed by atoms with Crippen LogP contribution < -0.4 is 10.5 Å². The molecule has 102 valence electrons. The summed E-state index contributed by atoms with van der Waals surface area (Å²) in [6, 6.07) is 13.5. The molecule has 0 fully saturated rings. The van der Waals surface area contributed by atoms with Gasteiger partial charge >= 0.3 is 0 Å². The average Bonchev–Trinajstić information content (AvgIpc) is 2.45. The molecule has 20 heavy (non-hydrogen) atoms. The fraction of sp³-hybridized carbons (Fsp3) is 0.176. The lowest BCUT2D eigenvalue weighted by Crippen LogP contribution is -1.99. The number of hydrogen-bond acceptors (Lipinski definition) is 2. The molecule has 0 radical (unpaired) electrons. The summed E-state index contributed by atoms with van der Waals surface area (Å²) in [5, 5.41) is 0.703. The van der Waals surface area contributed by atoms with Gasteiger partial charge in [0.15, 0.2) is 0 Å². The van der Waals surface area contributed by atoms with Crippen LogP contribution in [0.25, 0.3) is 0 Å². The Kier molecular flexibility index (Phi) is 5.06. The summed E-state index contributed by atoms with van der Waals surface area (Å²) < 4.78 is 5.83. The third-order valence-corrected chi connectivity index (χ3v) is 3.17. The van der Waals surface area contributed by atoms with Crippen LogP contribution in [0.5, 0.6) is 5.75 Å². The van der Waals surface area contributed by atoms with Crippen molar-refractivity contribution in [1.82, 2.24) is 0 Å². The van der Waals surface area contributed by atoms with Gasteiger partial charge in [0.25, 0.3) is 0 Å². The molecule has 0 atom stereocenters. The predicted molar refractivity (Wildman–Crippen MR) is 82.9 cm³/mol.